The van der Waals surface area contributed by atoms with Crippen LogP contribution >= 0.6 is 0 Å². The van der Waals surface area contributed by atoms with Gasteiger partial charge >= 0.3 is 17.9 Å². The van der Waals surface area contributed by atoms with Crippen LogP contribution in [-0.4, -0.2) is 53.7 Å². The normalized spacial score (nSPS) is 34.8. The average molecular weight is 410 g/mol. The highest BCUT2D eigenvalue weighted by molar-refractivity contribution is 5.95. The summed E-state index contributed by atoms with van der Waals surface area (Å²) < 4.78 is 22.5. The first-order valence-electron chi connectivity index (χ1n) is 9.77. The topological polar surface area (TPSA) is 108 Å². The van der Waals surface area contributed by atoms with Gasteiger partial charge in [-0.15, -0.1) is 0 Å². The second-order valence-corrected chi connectivity index (χ2v) is 8.30. The molecule has 0 N–H and O–H groups in total. The number of hydrogen-bond donors (Lipinski definition) is 0. The molecular weight excluding hydrogens is 380 g/mol. The third kappa shape index (κ3) is 5.23. The van der Waals surface area contributed by atoms with Gasteiger partial charge in [-0.05, 0) is 18.4 Å². The van der Waals surface area contributed by atoms with E-state index in [-0.39, 0.29) is 30.1 Å². The van der Waals surface area contributed by atoms with Gasteiger partial charge in [-0.25, -0.2) is 0 Å². The Bertz CT molecular complexity index is 711. The summed E-state index contributed by atoms with van der Waals surface area (Å²) in [6, 6.07) is 0. The van der Waals surface area contributed by atoms with Crippen LogP contribution in [0, 0.1) is 11.8 Å². The third-order valence-corrected chi connectivity index (χ3v) is 5.55. The van der Waals surface area contributed by atoms with Crippen LogP contribution in [0.1, 0.15) is 54.4 Å². The van der Waals surface area contributed by atoms with Crippen LogP contribution in [0.2, 0.25) is 0 Å². The highest BCUT2D eigenvalue weighted by Crippen LogP contribution is 2.49. The Balaban J connectivity index is 2.52. The fraction of sp³-hybridized carbons (Fsp3) is 0.714. The summed E-state index contributed by atoms with van der Waals surface area (Å²) in [4.78, 5) is 47.9. The Morgan fingerprint density at radius 3 is 2.07 bits per heavy atom. The van der Waals surface area contributed by atoms with Gasteiger partial charge in [-0.3, -0.25) is 19.2 Å². The van der Waals surface area contributed by atoms with Crippen molar-refractivity contribution < 1.29 is 38.1 Å². The first kappa shape index (κ1) is 23.1. The number of carbonyl (C=O) groups excluding carboxylic acids is 4. The number of epoxide rings is 1. The second-order valence-electron chi connectivity index (χ2n) is 8.30. The standard InChI is InChI=1S/C21H30O8/c1-10(2)18-16(26-12(4)22)8-11(3)15(25)9-17(27-13(5)23)21(7)20(29-21)19(18)28-14(6)24/h10,16-20H,3,8-9H2,1-2,4-7H3/t16-,17-,18+,19+,20-,21-/m0/s1. The predicted molar refractivity (Wildman–Crippen MR) is 102 cm³/mol. The van der Waals surface area contributed by atoms with Crippen LogP contribution in [0.5, 0.6) is 0 Å². The summed E-state index contributed by atoms with van der Waals surface area (Å²) in [6.45, 7) is 13.2. The molecule has 1 saturated heterocycles. The fourth-order valence-electron chi connectivity index (χ4n) is 4.15. The molecule has 2 fully saturated rings. The van der Waals surface area contributed by atoms with Crippen molar-refractivity contribution in [2.75, 3.05) is 0 Å². The number of fused-ring (bicyclic) bond motifs is 1. The maximum atomic E-state index is 12.7. The summed E-state index contributed by atoms with van der Waals surface area (Å²) in [6.07, 6.45) is -2.94. The van der Waals surface area contributed by atoms with E-state index < -0.39 is 53.8 Å². The molecule has 1 saturated carbocycles. The number of Topliss-reactive ketones (excluding diaryl/α,β-unsaturated/α-hetero) is 1. The van der Waals surface area contributed by atoms with E-state index in [1.807, 2.05) is 13.8 Å². The summed E-state index contributed by atoms with van der Waals surface area (Å²) in [5.41, 5.74) is -0.754. The Morgan fingerprint density at radius 2 is 1.59 bits per heavy atom. The van der Waals surface area contributed by atoms with E-state index in [0.717, 1.165) is 0 Å². The minimum atomic E-state index is -1.01. The summed E-state index contributed by atoms with van der Waals surface area (Å²) in [7, 11) is 0. The van der Waals surface area contributed by atoms with Gasteiger partial charge in [-0.1, -0.05) is 20.4 Å². The van der Waals surface area contributed by atoms with Crippen molar-refractivity contribution in [3.63, 3.8) is 0 Å². The van der Waals surface area contributed by atoms with E-state index in [1.54, 1.807) is 6.92 Å². The number of ether oxygens (including phenoxy) is 4. The molecule has 0 aromatic carbocycles. The molecule has 1 aliphatic heterocycles. The second kappa shape index (κ2) is 8.65. The maximum absolute atomic E-state index is 12.7. The summed E-state index contributed by atoms with van der Waals surface area (Å²) in [5.74, 6) is -2.37. The molecule has 162 valence electrons. The first-order chi connectivity index (χ1) is 13.4. The molecule has 8 nitrogen and oxygen atoms in total. The lowest BCUT2D eigenvalue weighted by Gasteiger charge is -2.36. The quantitative estimate of drug-likeness (QED) is 0.300. The molecule has 0 bridgehead atoms. The lowest BCUT2D eigenvalue weighted by Crippen LogP contribution is -2.48. The largest absolute Gasteiger partial charge is 0.462 e. The molecule has 0 amide bonds. The summed E-state index contributed by atoms with van der Waals surface area (Å²) >= 11 is 0. The molecule has 0 radical (unpaired) electrons. The van der Waals surface area contributed by atoms with Gasteiger partial charge in [0.25, 0.3) is 0 Å². The number of ketones is 1. The highest BCUT2D eigenvalue weighted by atomic mass is 16.7. The van der Waals surface area contributed by atoms with Crippen LogP contribution in [-0.2, 0) is 38.1 Å². The Kier molecular flexibility index (Phi) is 6.88. The van der Waals surface area contributed by atoms with Gasteiger partial charge in [-0.2, -0.15) is 0 Å². The summed E-state index contributed by atoms with van der Waals surface area (Å²) in [5, 5.41) is 0. The zero-order chi connectivity index (χ0) is 22.1. The molecule has 1 heterocycles. The lowest BCUT2D eigenvalue weighted by atomic mass is 9.76. The van der Waals surface area contributed by atoms with Crippen molar-refractivity contribution in [3.05, 3.63) is 12.2 Å². The maximum Gasteiger partial charge on any atom is 0.303 e. The van der Waals surface area contributed by atoms with Gasteiger partial charge < -0.3 is 18.9 Å². The zero-order valence-electron chi connectivity index (χ0n) is 17.9. The Hall–Kier alpha value is -2.22. The minimum Gasteiger partial charge on any atom is -0.462 e. The molecule has 2 aliphatic rings. The molecule has 0 aromatic rings. The van der Waals surface area contributed by atoms with E-state index in [0.29, 0.717) is 0 Å². The smallest absolute Gasteiger partial charge is 0.303 e. The van der Waals surface area contributed by atoms with Gasteiger partial charge in [0.05, 0.1) is 6.42 Å². The molecule has 8 heteroatoms. The van der Waals surface area contributed by atoms with Crippen molar-refractivity contribution in [2.45, 2.75) is 84.4 Å². The van der Waals surface area contributed by atoms with E-state index in [2.05, 4.69) is 6.58 Å². The minimum absolute atomic E-state index is 0.0772. The SMILES string of the molecule is C=C1C[C@H](OC(C)=O)[C@@H](C(C)C)[C@@H](OC(C)=O)[C@@H]2O[C@@]2(C)[C@@H](OC(C)=O)CC1=O. The Morgan fingerprint density at radius 1 is 1.03 bits per heavy atom. The zero-order valence-corrected chi connectivity index (χ0v) is 17.9. The first-order valence-corrected chi connectivity index (χ1v) is 9.77. The molecule has 0 aromatic heterocycles. The molecule has 1 aliphatic carbocycles. The van der Waals surface area contributed by atoms with Gasteiger partial charge in [0.15, 0.2) is 5.78 Å². The monoisotopic (exact) mass is 410 g/mol. The van der Waals surface area contributed by atoms with Gasteiger partial charge in [0, 0.05) is 33.1 Å². The predicted octanol–water partition coefficient (Wildman–Crippen LogP) is 2.13. The molecule has 2 rings (SSSR count). The van der Waals surface area contributed by atoms with Crippen LogP contribution < -0.4 is 0 Å². The molecule has 0 unspecified atom stereocenters. The number of rotatable bonds is 4. The van der Waals surface area contributed by atoms with Crippen molar-refractivity contribution in [2.24, 2.45) is 11.8 Å². The van der Waals surface area contributed by atoms with E-state index in [1.165, 1.54) is 20.8 Å². The van der Waals surface area contributed by atoms with E-state index in [4.69, 9.17) is 18.9 Å². The third-order valence-electron chi connectivity index (χ3n) is 5.55. The molecule has 0 spiro atoms. The van der Waals surface area contributed by atoms with Crippen LogP contribution in [0.25, 0.3) is 0 Å². The van der Waals surface area contributed by atoms with Gasteiger partial charge in [0.2, 0.25) is 0 Å². The van der Waals surface area contributed by atoms with Crippen molar-refractivity contribution in [1.29, 1.82) is 0 Å². The van der Waals surface area contributed by atoms with Crippen LogP contribution in [0.4, 0.5) is 0 Å². The number of hydrogen-bond acceptors (Lipinski definition) is 8. The molecular formula is C21H30O8. The van der Waals surface area contributed by atoms with Crippen molar-refractivity contribution >= 4 is 23.7 Å². The number of carbonyl (C=O) groups is 4. The highest BCUT2D eigenvalue weighted by Gasteiger charge is 2.66. The average Bonchev–Trinajstić information content (AvgIpc) is 3.24. The van der Waals surface area contributed by atoms with Crippen LogP contribution in [0.15, 0.2) is 12.2 Å². The lowest BCUT2D eigenvalue weighted by molar-refractivity contribution is -0.164. The fourth-order valence-corrected chi connectivity index (χ4v) is 4.15. The molecule has 6 atom stereocenters. The van der Waals surface area contributed by atoms with Crippen LogP contribution in [0.3, 0.4) is 0 Å². The molecule has 29 heavy (non-hydrogen) atoms. The van der Waals surface area contributed by atoms with Gasteiger partial charge in [0.1, 0.15) is 30.0 Å². The van der Waals surface area contributed by atoms with Crippen molar-refractivity contribution in [1.82, 2.24) is 0 Å². The number of esters is 3. The van der Waals surface area contributed by atoms with Crippen molar-refractivity contribution in [3.8, 4) is 0 Å². The van der Waals surface area contributed by atoms with E-state index >= 15 is 0 Å². The Labute approximate surface area is 170 Å². The van der Waals surface area contributed by atoms with E-state index in [9.17, 15) is 19.2 Å².